The van der Waals surface area contributed by atoms with E-state index in [1.165, 1.54) is 0 Å². The van der Waals surface area contributed by atoms with Gasteiger partial charge in [-0.3, -0.25) is 0 Å². The van der Waals surface area contributed by atoms with Crippen molar-refractivity contribution < 1.29 is 13.5 Å². The summed E-state index contributed by atoms with van der Waals surface area (Å²) in [6, 6.07) is 0. The van der Waals surface area contributed by atoms with Gasteiger partial charge in [0.1, 0.15) is 0 Å². The summed E-state index contributed by atoms with van der Waals surface area (Å²) in [5, 5.41) is 9.90. The van der Waals surface area contributed by atoms with Gasteiger partial charge in [-0.1, -0.05) is 20.4 Å². The maximum atomic E-state index is 11.0. The third kappa shape index (κ3) is 2.16. The smallest absolute Gasteiger partial charge is 0.233 e. The standard InChI is InChI=1S/C9H17NO3S/c1-4-14(12,13)10-5-7-8(6-11)9(7,2)3/h4,7-8,10-11H,1,5-6H2,2-3H3/t7-,8+/m1/s1. The van der Waals surface area contributed by atoms with Crippen LogP contribution in [0.5, 0.6) is 0 Å². The van der Waals surface area contributed by atoms with Gasteiger partial charge in [0, 0.05) is 18.6 Å². The molecule has 1 saturated carbocycles. The first-order chi connectivity index (χ1) is 6.35. The molecule has 0 aromatic carbocycles. The largest absolute Gasteiger partial charge is 0.396 e. The molecule has 0 radical (unpaired) electrons. The molecular weight excluding hydrogens is 202 g/mol. The molecule has 4 nitrogen and oxygen atoms in total. The van der Waals surface area contributed by atoms with E-state index in [1.54, 1.807) is 0 Å². The van der Waals surface area contributed by atoms with Gasteiger partial charge in [-0.05, 0) is 17.3 Å². The minimum absolute atomic E-state index is 0.0401. The van der Waals surface area contributed by atoms with E-state index in [9.17, 15) is 8.42 Å². The molecule has 1 fully saturated rings. The highest BCUT2D eigenvalue weighted by Gasteiger charge is 2.56. The molecule has 1 rings (SSSR count). The van der Waals surface area contributed by atoms with Crippen LogP contribution >= 0.6 is 0 Å². The molecule has 0 unspecified atom stereocenters. The third-order valence-corrected chi connectivity index (χ3v) is 4.22. The van der Waals surface area contributed by atoms with Crippen molar-refractivity contribution >= 4 is 10.0 Å². The first kappa shape index (κ1) is 11.7. The molecular formula is C9H17NO3S. The average Bonchev–Trinajstić information content (AvgIpc) is 2.64. The summed E-state index contributed by atoms with van der Waals surface area (Å²) in [5.41, 5.74) is 0.0401. The van der Waals surface area contributed by atoms with Gasteiger partial charge in [0.2, 0.25) is 10.0 Å². The molecule has 0 heterocycles. The lowest BCUT2D eigenvalue weighted by Crippen LogP contribution is -2.24. The predicted octanol–water partition coefficient (Wildman–Crippen LogP) is 0.314. The molecule has 0 aromatic rings. The van der Waals surface area contributed by atoms with Crippen LogP contribution in [-0.2, 0) is 10.0 Å². The van der Waals surface area contributed by atoms with Crippen LogP contribution in [0.25, 0.3) is 0 Å². The minimum atomic E-state index is -3.32. The Labute approximate surface area is 85.1 Å². The molecule has 0 bridgehead atoms. The number of aliphatic hydroxyl groups is 1. The summed E-state index contributed by atoms with van der Waals surface area (Å²) in [5.74, 6) is 0.428. The Morgan fingerprint density at radius 3 is 2.43 bits per heavy atom. The Kier molecular flexibility index (Phi) is 3.04. The van der Waals surface area contributed by atoms with Gasteiger partial charge in [-0.15, -0.1) is 0 Å². The van der Waals surface area contributed by atoms with Crippen molar-refractivity contribution in [3.05, 3.63) is 12.0 Å². The first-order valence-electron chi connectivity index (χ1n) is 4.58. The zero-order chi connectivity index (χ0) is 11.0. The summed E-state index contributed by atoms with van der Waals surface area (Å²) in [4.78, 5) is 0. The topological polar surface area (TPSA) is 66.4 Å². The molecule has 0 amide bonds. The van der Waals surface area contributed by atoms with Gasteiger partial charge >= 0.3 is 0 Å². The molecule has 5 heteroatoms. The minimum Gasteiger partial charge on any atom is -0.396 e. The van der Waals surface area contributed by atoms with Gasteiger partial charge in [-0.25, -0.2) is 13.1 Å². The number of sulfonamides is 1. The Bertz CT molecular complexity index is 321. The normalized spacial score (nSPS) is 29.9. The Hall–Kier alpha value is -0.390. The van der Waals surface area contributed by atoms with Crippen LogP contribution in [0.4, 0.5) is 0 Å². The van der Waals surface area contributed by atoms with E-state index in [0.29, 0.717) is 6.54 Å². The molecule has 0 aromatic heterocycles. The lowest BCUT2D eigenvalue weighted by molar-refractivity contribution is 0.255. The zero-order valence-corrected chi connectivity index (χ0v) is 9.34. The van der Waals surface area contributed by atoms with E-state index >= 15 is 0 Å². The molecule has 1 aliphatic carbocycles. The van der Waals surface area contributed by atoms with Crippen LogP contribution < -0.4 is 4.72 Å². The fraction of sp³-hybridized carbons (Fsp3) is 0.778. The molecule has 1 aliphatic rings. The number of hydrogen-bond acceptors (Lipinski definition) is 3. The second kappa shape index (κ2) is 3.64. The van der Waals surface area contributed by atoms with Crippen LogP contribution in [0.1, 0.15) is 13.8 Å². The van der Waals surface area contributed by atoms with Crippen LogP contribution in [0.2, 0.25) is 0 Å². The van der Waals surface area contributed by atoms with Crippen molar-refractivity contribution in [3.8, 4) is 0 Å². The van der Waals surface area contributed by atoms with Crippen molar-refractivity contribution in [1.29, 1.82) is 0 Å². The lowest BCUT2D eigenvalue weighted by atomic mass is 10.1. The zero-order valence-electron chi connectivity index (χ0n) is 8.53. The molecule has 0 spiro atoms. The van der Waals surface area contributed by atoms with Crippen molar-refractivity contribution in [3.63, 3.8) is 0 Å². The predicted molar refractivity (Wildman–Crippen MR) is 55.0 cm³/mol. The highest BCUT2D eigenvalue weighted by Crippen LogP contribution is 2.57. The van der Waals surface area contributed by atoms with Crippen LogP contribution in [0.3, 0.4) is 0 Å². The average molecular weight is 219 g/mol. The Morgan fingerprint density at radius 1 is 1.50 bits per heavy atom. The highest BCUT2D eigenvalue weighted by atomic mass is 32.2. The van der Waals surface area contributed by atoms with Gasteiger partial charge in [0.25, 0.3) is 0 Å². The van der Waals surface area contributed by atoms with Gasteiger partial charge in [0.15, 0.2) is 0 Å². The van der Waals surface area contributed by atoms with E-state index < -0.39 is 10.0 Å². The van der Waals surface area contributed by atoms with Gasteiger partial charge in [-0.2, -0.15) is 0 Å². The van der Waals surface area contributed by atoms with Crippen molar-refractivity contribution in [2.24, 2.45) is 17.3 Å². The highest BCUT2D eigenvalue weighted by molar-refractivity contribution is 7.92. The lowest BCUT2D eigenvalue weighted by Gasteiger charge is -2.03. The SMILES string of the molecule is C=CS(=O)(=O)NC[C@@H]1[C@H](CO)C1(C)C. The van der Waals surface area contributed by atoms with Crippen LogP contribution in [0.15, 0.2) is 12.0 Å². The van der Waals surface area contributed by atoms with Crippen LogP contribution in [-0.4, -0.2) is 26.7 Å². The maximum absolute atomic E-state index is 11.0. The summed E-state index contributed by atoms with van der Waals surface area (Å²) < 4.78 is 24.5. The summed E-state index contributed by atoms with van der Waals surface area (Å²) in [6.45, 7) is 7.76. The van der Waals surface area contributed by atoms with Crippen molar-refractivity contribution in [2.75, 3.05) is 13.2 Å². The maximum Gasteiger partial charge on any atom is 0.233 e. The van der Waals surface area contributed by atoms with Crippen molar-refractivity contribution in [2.45, 2.75) is 13.8 Å². The number of aliphatic hydroxyl groups excluding tert-OH is 1. The number of hydrogen-bond donors (Lipinski definition) is 2. The molecule has 2 N–H and O–H groups in total. The van der Waals surface area contributed by atoms with E-state index in [1.807, 2.05) is 13.8 Å². The van der Waals surface area contributed by atoms with Crippen molar-refractivity contribution in [1.82, 2.24) is 4.72 Å². The fourth-order valence-corrected chi connectivity index (χ4v) is 2.42. The number of rotatable bonds is 5. The fourth-order valence-electron chi connectivity index (χ4n) is 1.89. The number of nitrogens with one attached hydrogen (secondary N) is 1. The third-order valence-electron chi connectivity index (χ3n) is 3.21. The quantitative estimate of drug-likeness (QED) is 0.699. The molecule has 82 valence electrons. The molecule has 0 aliphatic heterocycles. The summed E-state index contributed by atoms with van der Waals surface area (Å²) in [6.07, 6.45) is 0. The molecule has 14 heavy (non-hydrogen) atoms. The van der Waals surface area contributed by atoms with Crippen LogP contribution in [0, 0.1) is 17.3 Å². The second-order valence-corrected chi connectivity index (χ2v) is 5.99. The van der Waals surface area contributed by atoms with Gasteiger partial charge in [0.05, 0.1) is 0 Å². The van der Waals surface area contributed by atoms with E-state index in [2.05, 4.69) is 11.3 Å². The first-order valence-corrected chi connectivity index (χ1v) is 6.12. The summed E-state index contributed by atoms with van der Waals surface area (Å²) >= 11 is 0. The van der Waals surface area contributed by atoms with Gasteiger partial charge < -0.3 is 5.11 Å². The van der Waals surface area contributed by atoms with E-state index in [0.717, 1.165) is 5.41 Å². The molecule has 2 atom stereocenters. The van der Waals surface area contributed by atoms with E-state index in [-0.39, 0.29) is 23.9 Å². The second-order valence-electron chi connectivity index (χ2n) is 4.28. The molecule has 0 saturated heterocycles. The van der Waals surface area contributed by atoms with E-state index in [4.69, 9.17) is 5.11 Å². The Morgan fingerprint density at radius 2 is 2.07 bits per heavy atom. The summed E-state index contributed by atoms with van der Waals surface area (Å²) in [7, 11) is -3.32. The Balaban J connectivity index is 2.46. The monoisotopic (exact) mass is 219 g/mol.